The summed E-state index contributed by atoms with van der Waals surface area (Å²) in [5.74, 6) is 1.38. The highest BCUT2D eigenvalue weighted by Gasteiger charge is 2.33. The van der Waals surface area contributed by atoms with Crippen molar-refractivity contribution in [2.24, 2.45) is 5.92 Å². The van der Waals surface area contributed by atoms with Gasteiger partial charge in [-0.1, -0.05) is 13.8 Å². The maximum atomic E-state index is 12.6. The molecule has 2 heterocycles. The normalized spacial score (nSPS) is 18.7. The molecule has 2 aliphatic heterocycles. The molecule has 2 aliphatic rings. The lowest BCUT2D eigenvalue weighted by Crippen LogP contribution is -2.38. The Morgan fingerprint density at radius 2 is 1.87 bits per heavy atom. The summed E-state index contributed by atoms with van der Waals surface area (Å²) >= 11 is 0. The average Bonchev–Trinajstić information content (AvgIpc) is 3.42. The first kappa shape index (κ1) is 21.2. The highest BCUT2D eigenvalue weighted by Crippen LogP contribution is 2.27. The summed E-state index contributed by atoms with van der Waals surface area (Å²) in [6, 6.07) is 15.5. The number of hydrogen-bond acceptors (Lipinski definition) is 4. The van der Waals surface area contributed by atoms with E-state index in [1.807, 2.05) is 41.3 Å². The van der Waals surface area contributed by atoms with E-state index in [0.717, 1.165) is 49.6 Å². The fourth-order valence-electron chi connectivity index (χ4n) is 4.21. The van der Waals surface area contributed by atoms with Crippen molar-refractivity contribution < 1.29 is 15.8 Å². The van der Waals surface area contributed by atoms with Gasteiger partial charge in [-0.05, 0) is 67.3 Å². The second-order valence-corrected chi connectivity index (χ2v) is 8.81. The minimum atomic E-state index is -0.142. The van der Waals surface area contributed by atoms with Gasteiger partial charge in [0.05, 0.1) is 12.6 Å². The Morgan fingerprint density at radius 1 is 1.13 bits per heavy atom. The molecule has 1 unspecified atom stereocenters. The molecule has 0 aliphatic carbocycles. The van der Waals surface area contributed by atoms with Gasteiger partial charge in [-0.2, -0.15) is 0 Å². The van der Waals surface area contributed by atoms with Gasteiger partial charge in [0.2, 0.25) is 5.91 Å². The van der Waals surface area contributed by atoms with E-state index in [2.05, 4.69) is 24.1 Å². The topological polar surface area (TPSA) is 61.9 Å². The van der Waals surface area contributed by atoms with E-state index in [9.17, 15) is 9.59 Å². The predicted molar refractivity (Wildman–Crippen MR) is 125 cm³/mol. The number of amides is 2. The lowest BCUT2D eigenvalue weighted by Gasteiger charge is -2.25. The number of benzene rings is 2. The van der Waals surface area contributed by atoms with Gasteiger partial charge in [0.15, 0.2) is 0 Å². The molecule has 0 bridgehead atoms. The van der Waals surface area contributed by atoms with E-state index in [1.165, 1.54) is 0 Å². The smallest absolute Gasteiger partial charge is 0.255 e. The molecular formula is C25H33N3O3. The molecule has 0 aromatic heterocycles. The van der Waals surface area contributed by atoms with Crippen LogP contribution in [0.4, 0.5) is 11.4 Å². The lowest BCUT2D eigenvalue weighted by molar-refractivity contribution is -0.129. The summed E-state index contributed by atoms with van der Waals surface area (Å²) in [6.07, 6.45) is 2.69. The Morgan fingerprint density at radius 3 is 2.52 bits per heavy atom. The zero-order valence-electron chi connectivity index (χ0n) is 18.3. The number of nitrogens with zero attached hydrogens (tertiary/aromatic N) is 2. The van der Waals surface area contributed by atoms with Crippen LogP contribution in [-0.4, -0.2) is 49.0 Å². The van der Waals surface area contributed by atoms with Crippen LogP contribution in [-0.2, 0) is 4.79 Å². The number of likely N-dealkylation sites (tertiary alicyclic amines) is 1. The van der Waals surface area contributed by atoms with E-state index in [-0.39, 0.29) is 7.33 Å². The number of carbonyl (C=O) groups is 2. The maximum Gasteiger partial charge on any atom is 0.255 e. The van der Waals surface area contributed by atoms with Crippen LogP contribution in [0.25, 0.3) is 0 Å². The maximum absolute atomic E-state index is 12.6. The minimum Gasteiger partial charge on any atom is -0.493 e. The van der Waals surface area contributed by atoms with Crippen LogP contribution < -0.4 is 15.0 Å². The number of rotatable bonds is 7. The molecule has 0 radical (unpaired) electrons. The summed E-state index contributed by atoms with van der Waals surface area (Å²) in [5, 5.41) is 2.95. The second kappa shape index (κ2) is 9.41. The number of carbonyl (C=O) groups excluding carboxylic acids is 2. The Kier molecular flexibility index (Phi) is 6.44. The van der Waals surface area contributed by atoms with Gasteiger partial charge in [-0.15, -0.1) is 0 Å². The third kappa shape index (κ3) is 5.19. The number of anilines is 2. The molecule has 2 fully saturated rings. The summed E-state index contributed by atoms with van der Waals surface area (Å²) in [5.41, 5.74) is 2.48. The number of nitrogens with one attached hydrogen (secondary N) is 1. The third-order valence-electron chi connectivity index (χ3n) is 5.90. The van der Waals surface area contributed by atoms with Crippen LogP contribution in [0.2, 0.25) is 0 Å². The van der Waals surface area contributed by atoms with Crippen molar-refractivity contribution in [3.63, 3.8) is 0 Å². The summed E-state index contributed by atoms with van der Waals surface area (Å²) in [7, 11) is 0. The molecule has 166 valence electrons. The van der Waals surface area contributed by atoms with Crippen LogP contribution in [0, 0.1) is 5.92 Å². The van der Waals surface area contributed by atoms with E-state index in [1.54, 1.807) is 12.1 Å². The largest absolute Gasteiger partial charge is 0.493 e. The molecule has 2 amide bonds. The van der Waals surface area contributed by atoms with Gasteiger partial charge in [0, 0.05) is 44.4 Å². The molecule has 0 saturated carbocycles. The first-order chi connectivity index (χ1) is 15.0. The SMILES string of the molecule is CC(C)COc1ccc(C(=O)Nc2ccc(N3CCC(N4CCCC4=O)C3)cc2)cc1.[HH]. The van der Waals surface area contributed by atoms with Crippen molar-refractivity contribution in [2.45, 2.75) is 39.2 Å². The van der Waals surface area contributed by atoms with Crippen LogP contribution in [0.15, 0.2) is 48.5 Å². The van der Waals surface area contributed by atoms with Gasteiger partial charge in [-0.3, -0.25) is 9.59 Å². The van der Waals surface area contributed by atoms with Crippen LogP contribution in [0.5, 0.6) is 5.75 Å². The van der Waals surface area contributed by atoms with Crippen LogP contribution in [0.3, 0.4) is 0 Å². The highest BCUT2D eigenvalue weighted by molar-refractivity contribution is 6.04. The molecule has 1 atom stereocenters. The zero-order chi connectivity index (χ0) is 21.8. The Bertz CT molecular complexity index is 915. The second-order valence-electron chi connectivity index (χ2n) is 8.81. The van der Waals surface area contributed by atoms with Gasteiger partial charge in [0.1, 0.15) is 5.75 Å². The van der Waals surface area contributed by atoms with Gasteiger partial charge in [0.25, 0.3) is 5.91 Å². The standard InChI is InChI=1S/C25H31N3O3.H2/c1-18(2)17-31-23-11-5-19(6-12-23)25(30)26-20-7-9-21(10-8-20)27-15-13-22(16-27)28-14-3-4-24(28)29;/h5-12,18,22H,3-4,13-17H2,1-2H3,(H,26,30);1H. The van der Waals surface area contributed by atoms with Crippen molar-refractivity contribution in [2.75, 3.05) is 36.5 Å². The quantitative estimate of drug-likeness (QED) is 0.716. The monoisotopic (exact) mass is 423 g/mol. The van der Waals surface area contributed by atoms with E-state index in [0.29, 0.717) is 36.5 Å². The van der Waals surface area contributed by atoms with Crippen molar-refractivity contribution >= 4 is 23.2 Å². The molecule has 2 aromatic carbocycles. The molecule has 0 spiro atoms. The summed E-state index contributed by atoms with van der Waals surface area (Å²) in [6.45, 7) is 7.58. The highest BCUT2D eigenvalue weighted by atomic mass is 16.5. The number of ether oxygens (including phenoxy) is 1. The first-order valence-corrected chi connectivity index (χ1v) is 11.2. The summed E-state index contributed by atoms with van der Waals surface area (Å²) < 4.78 is 5.67. The minimum absolute atomic E-state index is 0. The van der Waals surface area contributed by atoms with E-state index in [4.69, 9.17) is 4.74 Å². The Labute approximate surface area is 185 Å². The fraction of sp³-hybridized carbons (Fsp3) is 0.440. The van der Waals surface area contributed by atoms with Crippen molar-refractivity contribution in [1.82, 2.24) is 4.90 Å². The summed E-state index contributed by atoms with van der Waals surface area (Å²) in [4.78, 5) is 28.9. The van der Waals surface area contributed by atoms with Gasteiger partial charge >= 0.3 is 0 Å². The third-order valence-corrected chi connectivity index (χ3v) is 5.90. The first-order valence-electron chi connectivity index (χ1n) is 11.2. The Hall–Kier alpha value is -3.02. The van der Waals surface area contributed by atoms with Crippen molar-refractivity contribution in [1.29, 1.82) is 0 Å². The number of hydrogen-bond donors (Lipinski definition) is 1. The average molecular weight is 424 g/mol. The predicted octanol–water partition coefficient (Wildman–Crippen LogP) is 4.42. The molecule has 4 rings (SSSR count). The molecule has 6 nitrogen and oxygen atoms in total. The molecule has 6 heteroatoms. The molecule has 2 saturated heterocycles. The zero-order valence-corrected chi connectivity index (χ0v) is 18.3. The molecular weight excluding hydrogens is 390 g/mol. The van der Waals surface area contributed by atoms with E-state index < -0.39 is 0 Å². The van der Waals surface area contributed by atoms with Crippen molar-refractivity contribution in [3.05, 3.63) is 54.1 Å². The van der Waals surface area contributed by atoms with Gasteiger partial charge in [-0.25, -0.2) is 0 Å². The Balaban J connectivity index is 0.00000289. The van der Waals surface area contributed by atoms with Crippen LogP contribution >= 0.6 is 0 Å². The molecule has 31 heavy (non-hydrogen) atoms. The van der Waals surface area contributed by atoms with Crippen molar-refractivity contribution in [3.8, 4) is 5.75 Å². The lowest BCUT2D eigenvalue weighted by atomic mass is 10.2. The molecule has 2 aromatic rings. The van der Waals surface area contributed by atoms with Crippen LogP contribution in [0.1, 0.15) is 44.9 Å². The molecule has 1 N–H and O–H groups in total. The van der Waals surface area contributed by atoms with Gasteiger partial charge < -0.3 is 19.9 Å². The fourth-order valence-corrected chi connectivity index (χ4v) is 4.21. The van der Waals surface area contributed by atoms with E-state index >= 15 is 0 Å².